The molecule has 2 aromatic heterocycles. The van der Waals surface area contributed by atoms with Gasteiger partial charge in [-0.25, -0.2) is 0 Å². The maximum Gasteiger partial charge on any atom is 0.234 e. The van der Waals surface area contributed by atoms with Gasteiger partial charge in [0.05, 0.1) is 0 Å². The molecule has 1 amide bonds. The summed E-state index contributed by atoms with van der Waals surface area (Å²) < 4.78 is 1.63. The Labute approximate surface area is 125 Å². The monoisotopic (exact) mass is 301 g/mol. The highest BCUT2D eigenvalue weighted by Crippen LogP contribution is 2.16. The molecule has 6 nitrogen and oxygen atoms in total. The van der Waals surface area contributed by atoms with Gasteiger partial charge in [0.2, 0.25) is 10.9 Å². The fourth-order valence-electron chi connectivity index (χ4n) is 1.97. The van der Waals surface area contributed by atoms with Gasteiger partial charge in [0.25, 0.3) is 0 Å². The van der Waals surface area contributed by atoms with Crippen LogP contribution in [0.25, 0.3) is 4.96 Å². The number of anilines is 1. The quantitative estimate of drug-likeness (QED) is 0.803. The molecule has 7 heteroatoms. The second-order valence-electron chi connectivity index (χ2n) is 4.90. The third kappa shape index (κ3) is 3.08. The first-order valence-corrected chi connectivity index (χ1v) is 7.46. The minimum atomic E-state index is -0.00998. The van der Waals surface area contributed by atoms with E-state index in [2.05, 4.69) is 27.5 Å². The Bertz CT molecular complexity index is 763. The number of aryl methyl sites for hydroxylation is 3. The molecule has 0 aliphatic rings. The number of amides is 1. The van der Waals surface area contributed by atoms with Crippen LogP contribution in [-0.4, -0.2) is 25.7 Å². The summed E-state index contributed by atoms with van der Waals surface area (Å²) in [6.45, 7) is 4.08. The first-order valence-electron chi connectivity index (χ1n) is 6.64. The van der Waals surface area contributed by atoms with Gasteiger partial charge in [-0.1, -0.05) is 17.4 Å². The molecular weight excluding hydrogens is 286 g/mol. The lowest BCUT2D eigenvalue weighted by molar-refractivity contribution is -0.116. The SMILES string of the molecule is Cc1ccc(NC(=O)CCc2nn3cnnc3s2)cc1C. The van der Waals surface area contributed by atoms with Crippen molar-refractivity contribution in [3.8, 4) is 0 Å². The molecule has 0 fully saturated rings. The Kier molecular flexibility index (Phi) is 3.66. The number of hydrogen-bond acceptors (Lipinski definition) is 5. The van der Waals surface area contributed by atoms with Crippen molar-refractivity contribution in [2.45, 2.75) is 26.7 Å². The van der Waals surface area contributed by atoms with Gasteiger partial charge in [0.1, 0.15) is 11.3 Å². The molecule has 3 rings (SSSR count). The van der Waals surface area contributed by atoms with E-state index in [1.54, 1.807) is 10.8 Å². The molecule has 1 N–H and O–H groups in total. The van der Waals surface area contributed by atoms with E-state index in [0.29, 0.717) is 12.8 Å². The lowest BCUT2D eigenvalue weighted by Gasteiger charge is -2.07. The average Bonchev–Trinajstić information content (AvgIpc) is 3.01. The molecule has 0 atom stereocenters. The highest BCUT2D eigenvalue weighted by Gasteiger charge is 2.08. The van der Waals surface area contributed by atoms with Gasteiger partial charge >= 0.3 is 0 Å². The number of carbonyl (C=O) groups is 1. The van der Waals surface area contributed by atoms with Gasteiger partial charge in [0, 0.05) is 18.5 Å². The summed E-state index contributed by atoms with van der Waals surface area (Å²) in [5, 5.41) is 15.8. The third-order valence-electron chi connectivity index (χ3n) is 3.29. The predicted octanol–water partition coefficient (Wildman–Crippen LogP) is 2.37. The number of nitrogens with zero attached hydrogens (tertiary/aromatic N) is 4. The highest BCUT2D eigenvalue weighted by atomic mass is 32.1. The predicted molar refractivity (Wildman–Crippen MR) is 81.5 cm³/mol. The van der Waals surface area contributed by atoms with Crippen molar-refractivity contribution >= 4 is 27.9 Å². The fraction of sp³-hybridized carbons (Fsp3) is 0.286. The minimum absolute atomic E-state index is 0.00998. The first-order chi connectivity index (χ1) is 10.1. The standard InChI is InChI=1S/C14H15N5OS/c1-9-3-4-11(7-10(9)2)16-12(20)5-6-13-18-19-8-15-17-14(19)21-13/h3-4,7-8H,5-6H2,1-2H3,(H,16,20). The van der Waals surface area contributed by atoms with Crippen LogP contribution < -0.4 is 5.32 Å². The second-order valence-corrected chi connectivity index (χ2v) is 5.94. The lowest BCUT2D eigenvalue weighted by atomic mass is 10.1. The number of carbonyl (C=O) groups excluding carboxylic acids is 1. The molecule has 1 aromatic carbocycles. The average molecular weight is 301 g/mol. The Balaban J connectivity index is 1.58. The number of benzene rings is 1. The molecular formula is C14H15N5OS. The van der Waals surface area contributed by atoms with Gasteiger partial charge in [-0.2, -0.15) is 9.61 Å². The topological polar surface area (TPSA) is 72.2 Å². The summed E-state index contributed by atoms with van der Waals surface area (Å²) in [5.41, 5.74) is 3.22. The number of aromatic nitrogens is 4. The van der Waals surface area contributed by atoms with Crippen LogP contribution in [0.2, 0.25) is 0 Å². The molecule has 0 bridgehead atoms. The summed E-state index contributed by atoms with van der Waals surface area (Å²) in [7, 11) is 0. The van der Waals surface area contributed by atoms with Gasteiger partial charge in [-0.15, -0.1) is 10.2 Å². The van der Waals surface area contributed by atoms with Crippen LogP contribution >= 0.6 is 11.3 Å². The smallest absolute Gasteiger partial charge is 0.234 e. The molecule has 0 radical (unpaired) electrons. The second kappa shape index (κ2) is 5.61. The summed E-state index contributed by atoms with van der Waals surface area (Å²) >= 11 is 1.45. The Morgan fingerprint density at radius 1 is 1.33 bits per heavy atom. The molecule has 0 unspecified atom stereocenters. The molecule has 0 spiro atoms. The van der Waals surface area contributed by atoms with Crippen molar-refractivity contribution in [1.29, 1.82) is 0 Å². The number of fused-ring (bicyclic) bond motifs is 1. The van der Waals surface area contributed by atoms with E-state index in [4.69, 9.17) is 0 Å². The Morgan fingerprint density at radius 3 is 2.95 bits per heavy atom. The van der Waals surface area contributed by atoms with Crippen molar-refractivity contribution in [2.24, 2.45) is 0 Å². The maximum atomic E-state index is 12.0. The van der Waals surface area contributed by atoms with Gasteiger partial charge in [-0.3, -0.25) is 4.79 Å². The van der Waals surface area contributed by atoms with E-state index in [9.17, 15) is 4.79 Å². The van der Waals surface area contributed by atoms with Crippen molar-refractivity contribution in [2.75, 3.05) is 5.32 Å². The summed E-state index contributed by atoms with van der Waals surface area (Å²) in [4.78, 5) is 12.7. The fourth-order valence-corrected chi connectivity index (χ4v) is 2.78. The van der Waals surface area contributed by atoms with Crippen LogP contribution in [0.15, 0.2) is 24.5 Å². The van der Waals surface area contributed by atoms with Gasteiger partial charge in [0.15, 0.2) is 0 Å². The summed E-state index contributed by atoms with van der Waals surface area (Å²) in [6.07, 6.45) is 2.56. The molecule has 21 heavy (non-hydrogen) atoms. The summed E-state index contributed by atoms with van der Waals surface area (Å²) in [6, 6.07) is 5.91. The van der Waals surface area contributed by atoms with Crippen molar-refractivity contribution < 1.29 is 4.79 Å². The Morgan fingerprint density at radius 2 is 2.19 bits per heavy atom. The number of rotatable bonds is 4. The molecule has 0 saturated heterocycles. The number of nitrogens with one attached hydrogen (secondary N) is 1. The van der Waals surface area contributed by atoms with E-state index in [-0.39, 0.29) is 5.91 Å². The van der Waals surface area contributed by atoms with Crippen LogP contribution in [0.4, 0.5) is 5.69 Å². The van der Waals surface area contributed by atoms with Crippen LogP contribution in [0, 0.1) is 13.8 Å². The molecule has 2 heterocycles. The van der Waals surface area contributed by atoms with Crippen LogP contribution in [-0.2, 0) is 11.2 Å². The minimum Gasteiger partial charge on any atom is -0.326 e. The van der Waals surface area contributed by atoms with E-state index < -0.39 is 0 Å². The maximum absolute atomic E-state index is 12.0. The highest BCUT2D eigenvalue weighted by molar-refractivity contribution is 7.16. The van der Waals surface area contributed by atoms with Crippen molar-refractivity contribution in [1.82, 2.24) is 19.8 Å². The number of hydrogen-bond donors (Lipinski definition) is 1. The lowest BCUT2D eigenvalue weighted by Crippen LogP contribution is -2.12. The first kappa shape index (κ1) is 13.7. The van der Waals surface area contributed by atoms with Crippen LogP contribution in [0.3, 0.4) is 0 Å². The molecule has 0 aliphatic carbocycles. The molecule has 0 aliphatic heterocycles. The zero-order valence-electron chi connectivity index (χ0n) is 11.8. The summed E-state index contributed by atoms with van der Waals surface area (Å²) in [5.74, 6) is -0.00998. The van der Waals surface area contributed by atoms with Gasteiger partial charge in [-0.05, 0) is 37.1 Å². The van der Waals surface area contributed by atoms with E-state index in [1.807, 2.05) is 25.1 Å². The van der Waals surface area contributed by atoms with Crippen molar-refractivity contribution in [3.05, 3.63) is 40.7 Å². The van der Waals surface area contributed by atoms with Gasteiger partial charge < -0.3 is 5.32 Å². The van der Waals surface area contributed by atoms with E-state index in [0.717, 1.165) is 15.7 Å². The molecule has 3 aromatic rings. The molecule has 0 saturated carbocycles. The van der Waals surface area contributed by atoms with E-state index >= 15 is 0 Å². The molecule has 108 valence electrons. The third-order valence-corrected chi connectivity index (χ3v) is 4.26. The van der Waals surface area contributed by atoms with Crippen LogP contribution in [0.5, 0.6) is 0 Å². The Hall–Kier alpha value is -2.28. The van der Waals surface area contributed by atoms with E-state index in [1.165, 1.54) is 22.5 Å². The zero-order chi connectivity index (χ0) is 14.8. The van der Waals surface area contributed by atoms with Crippen LogP contribution in [0.1, 0.15) is 22.6 Å². The van der Waals surface area contributed by atoms with Crippen molar-refractivity contribution in [3.63, 3.8) is 0 Å². The zero-order valence-corrected chi connectivity index (χ0v) is 12.6. The largest absolute Gasteiger partial charge is 0.326 e. The normalized spacial score (nSPS) is 11.0.